The summed E-state index contributed by atoms with van der Waals surface area (Å²) in [6, 6.07) is 19.6. The van der Waals surface area contributed by atoms with Gasteiger partial charge in [0.1, 0.15) is 11.8 Å². The van der Waals surface area contributed by atoms with Crippen LogP contribution in [0.4, 0.5) is 5.69 Å². The standard InChI is InChI=1S/C22H24N2O4S/c1-16(24(29(3,26)27)20-9-6-10-21(14-20)28-2)22(25)23-15-17-11-12-18-7-4-5-8-19(18)13-17/h4-14,16H,15H2,1-3H3,(H,23,25)/t16-/m1/s1. The van der Waals surface area contributed by atoms with Crippen molar-refractivity contribution in [2.45, 2.75) is 19.5 Å². The van der Waals surface area contributed by atoms with E-state index in [4.69, 9.17) is 4.74 Å². The maximum atomic E-state index is 12.7. The van der Waals surface area contributed by atoms with E-state index in [-0.39, 0.29) is 5.91 Å². The van der Waals surface area contributed by atoms with Crippen LogP contribution in [0.3, 0.4) is 0 Å². The van der Waals surface area contributed by atoms with Crippen LogP contribution in [-0.4, -0.2) is 33.7 Å². The highest BCUT2D eigenvalue weighted by atomic mass is 32.2. The second-order valence-corrected chi connectivity index (χ2v) is 8.70. The topological polar surface area (TPSA) is 75.7 Å². The first kappa shape index (κ1) is 20.7. The Kier molecular flexibility index (Phi) is 6.08. The molecule has 0 spiro atoms. The molecule has 1 atom stereocenters. The monoisotopic (exact) mass is 412 g/mol. The highest BCUT2D eigenvalue weighted by molar-refractivity contribution is 7.92. The Morgan fingerprint density at radius 1 is 1.03 bits per heavy atom. The van der Waals surface area contributed by atoms with Gasteiger partial charge >= 0.3 is 0 Å². The van der Waals surface area contributed by atoms with Crippen LogP contribution in [0.15, 0.2) is 66.7 Å². The highest BCUT2D eigenvalue weighted by Crippen LogP contribution is 2.25. The van der Waals surface area contributed by atoms with Crippen LogP contribution in [0, 0.1) is 0 Å². The zero-order valence-corrected chi connectivity index (χ0v) is 17.4. The summed E-state index contributed by atoms with van der Waals surface area (Å²) in [5.41, 5.74) is 1.32. The predicted molar refractivity (Wildman–Crippen MR) is 116 cm³/mol. The number of benzene rings is 3. The molecular weight excluding hydrogens is 388 g/mol. The first-order valence-electron chi connectivity index (χ1n) is 9.18. The number of anilines is 1. The number of hydrogen-bond donors (Lipinski definition) is 1. The number of nitrogens with zero attached hydrogens (tertiary/aromatic N) is 1. The predicted octanol–water partition coefficient (Wildman–Crippen LogP) is 3.32. The first-order chi connectivity index (χ1) is 13.8. The first-order valence-corrected chi connectivity index (χ1v) is 11.0. The number of ether oxygens (including phenoxy) is 1. The Balaban J connectivity index is 1.78. The molecule has 7 heteroatoms. The van der Waals surface area contributed by atoms with E-state index in [0.29, 0.717) is 18.0 Å². The lowest BCUT2D eigenvalue weighted by molar-refractivity contribution is -0.122. The fourth-order valence-corrected chi connectivity index (χ4v) is 4.41. The van der Waals surface area contributed by atoms with Crippen LogP contribution in [-0.2, 0) is 21.4 Å². The van der Waals surface area contributed by atoms with Crippen LogP contribution in [0.2, 0.25) is 0 Å². The van der Waals surface area contributed by atoms with Gasteiger partial charge in [0.25, 0.3) is 0 Å². The fraction of sp³-hybridized carbons (Fsp3) is 0.227. The molecule has 0 aliphatic carbocycles. The maximum Gasteiger partial charge on any atom is 0.243 e. The van der Waals surface area contributed by atoms with Gasteiger partial charge < -0.3 is 10.1 Å². The molecular formula is C22H24N2O4S. The Hall–Kier alpha value is -3.06. The molecule has 152 valence electrons. The van der Waals surface area contributed by atoms with Crippen molar-refractivity contribution in [1.29, 1.82) is 0 Å². The zero-order chi connectivity index (χ0) is 21.0. The van der Waals surface area contributed by atoms with Crippen molar-refractivity contribution in [2.75, 3.05) is 17.7 Å². The molecule has 29 heavy (non-hydrogen) atoms. The molecule has 0 saturated heterocycles. The van der Waals surface area contributed by atoms with Gasteiger partial charge in [-0.15, -0.1) is 0 Å². The van der Waals surface area contributed by atoms with Gasteiger partial charge in [-0.25, -0.2) is 8.42 Å². The van der Waals surface area contributed by atoms with E-state index in [1.807, 2.05) is 42.5 Å². The lowest BCUT2D eigenvalue weighted by Gasteiger charge is -2.28. The van der Waals surface area contributed by atoms with Gasteiger partial charge in [-0.2, -0.15) is 0 Å². The molecule has 0 unspecified atom stereocenters. The highest BCUT2D eigenvalue weighted by Gasteiger charge is 2.29. The Labute approximate surface area is 171 Å². The van der Waals surface area contributed by atoms with E-state index < -0.39 is 16.1 Å². The van der Waals surface area contributed by atoms with Crippen molar-refractivity contribution >= 4 is 32.4 Å². The van der Waals surface area contributed by atoms with Crippen LogP contribution in [0.5, 0.6) is 5.75 Å². The third kappa shape index (κ3) is 4.86. The minimum atomic E-state index is -3.68. The summed E-state index contributed by atoms with van der Waals surface area (Å²) in [4.78, 5) is 12.7. The number of hydrogen-bond acceptors (Lipinski definition) is 4. The molecule has 0 saturated carbocycles. The molecule has 1 N–H and O–H groups in total. The Morgan fingerprint density at radius 3 is 2.45 bits per heavy atom. The Bertz CT molecular complexity index is 1130. The lowest BCUT2D eigenvalue weighted by atomic mass is 10.1. The van der Waals surface area contributed by atoms with Crippen LogP contribution < -0.4 is 14.4 Å². The number of sulfonamides is 1. The van der Waals surface area contributed by atoms with Gasteiger partial charge in [-0.05, 0) is 41.5 Å². The number of fused-ring (bicyclic) bond motifs is 1. The molecule has 3 rings (SSSR count). The van der Waals surface area contributed by atoms with Crippen molar-refractivity contribution in [2.24, 2.45) is 0 Å². The molecule has 6 nitrogen and oxygen atoms in total. The fourth-order valence-electron chi connectivity index (χ4n) is 3.24. The molecule has 3 aromatic carbocycles. The van der Waals surface area contributed by atoms with Gasteiger partial charge in [0.15, 0.2) is 0 Å². The van der Waals surface area contributed by atoms with Crippen molar-refractivity contribution in [3.63, 3.8) is 0 Å². The van der Waals surface area contributed by atoms with Gasteiger partial charge in [0, 0.05) is 12.6 Å². The zero-order valence-electron chi connectivity index (χ0n) is 16.6. The number of methoxy groups -OCH3 is 1. The molecule has 0 radical (unpaired) electrons. The number of carbonyl (C=O) groups is 1. The molecule has 0 aliphatic rings. The van der Waals surface area contributed by atoms with E-state index in [0.717, 1.165) is 26.9 Å². The lowest BCUT2D eigenvalue weighted by Crippen LogP contribution is -2.47. The minimum Gasteiger partial charge on any atom is -0.497 e. The second-order valence-electron chi connectivity index (χ2n) is 6.84. The largest absolute Gasteiger partial charge is 0.497 e. The molecule has 0 aliphatic heterocycles. The summed E-state index contributed by atoms with van der Waals surface area (Å²) in [5, 5.41) is 5.05. The maximum absolute atomic E-state index is 12.7. The summed E-state index contributed by atoms with van der Waals surface area (Å²) in [6.07, 6.45) is 1.08. The average Bonchev–Trinajstić information content (AvgIpc) is 2.71. The van der Waals surface area contributed by atoms with Crippen molar-refractivity contribution in [1.82, 2.24) is 5.32 Å². The van der Waals surface area contributed by atoms with Crippen LogP contribution >= 0.6 is 0 Å². The summed E-state index contributed by atoms with van der Waals surface area (Å²) in [6.45, 7) is 1.87. The van der Waals surface area contributed by atoms with E-state index in [2.05, 4.69) is 5.32 Å². The molecule has 0 fully saturated rings. The second kappa shape index (κ2) is 8.53. The average molecular weight is 413 g/mol. The normalized spacial score (nSPS) is 12.4. The number of rotatable bonds is 7. The van der Waals surface area contributed by atoms with E-state index in [1.54, 1.807) is 31.2 Å². The molecule has 0 heterocycles. The van der Waals surface area contributed by atoms with Crippen LogP contribution in [0.25, 0.3) is 10.8 Å². The third-order valence-corrected chi connectivity index (χ3v) is 5.92. The van der Waals surface area contributed by atoms with Gasteiger partial charge in [0.2, 0.25) is 15.9 Å². The molecule has 0 bridgehead atoms. The van der Waals surface area contributed by atoms with Gasteiger partial charge in [0.05, 0.1) is 19.1 Å². The third-order valence-electron chi connectivity index (χ3n) is 4.68. The molecule has 0 aromatic heterocycles. The van der Waals surface area contributed by atoms with Gasteiger partial charge in [-0.3, -0.25) is 9.10 Å². The number of nitrogens with one attached hydrogen (secondary N) is 1. The SMILES string of the molecule is COc1cccc(N([C@H](C)C(=O)NCc2ccc3ccccc3c2)S(C)(=O)=O)c1. The summed E-state index contributed by atoms with van der Waals surface area (Å²) in [5.74, 6) is 0.131. The van der Waals surface area contributed by atoms with E-state index >= 15 is 0 Å². The number of amides is 1. The Morgan fingerprint density at radius 2 is 1.76 bits per heavy atom. The summed E-state index contributed by atoms with van der Waals surface area (Å²) >= 11 is 0. The number of carbonyl (C=O) groups excluding carboxylic acids is 1. The van der Waals surface area contributed by atoms with Crippen LogP contribution in [0.1, 0.15) is 12.5 Å². The van der Waals surface area contributed by atoms with E-state index in [9.17, 15) is 13.2 Å². The van der Waals surface area contributed by atoms with Crippen molar-refractivity contribution in [3.8, 4) is 5.75 Å². The smallest absolute Gasteiger partial charge is 0.243 e. The van der Waals surface area contributed by atoms with Crippen molar-refractivity contribution in [3.05, 3.63) is 72.3 Å². The summed E-state index contributed by atoms with van der Waals surface area (Å²) < 4.78 is 31.1. The summed E-state index contributed by atoms with van der Waals surface area (Å²) in [7, 11) is -2.18. The molecule has 3 aromatic rings. The van der Waals surface area contributed by atoms with Crippen molar-refractivity contribution < 1.29 is 17.9 Å². The quantitative estimate of drug-likeness (QED) is 0.646. The minimum absolute atomic E-state index is 0.309. The van der Waals surface area contributed by atoms with Gasteiger partial charge in [-0.1, -0.05) is 42.5 Å². The van der Waals surface area contributed by atoms with E-state index in [1.165, 1.54) is 7.11 Å². The molecule has 1 amide bonds.